The highest BCUT2D eigenvalue weighted by Gasteiger charge is 2.16. The predicted octanol–water partition coefficient (Wildman–Crippen LogP) is 4.15. The molecule has 1 aromatic heterocycles. The van der Waals surface area contributed by atoms with Crippen LogP contribution in [-0.2, 0) is 16.1 Å². The van der Waals surface area contributed by atoms with Gasteiger partial charge in [0.15, 0.2) is 12.4 Å². The van der Waals surface area contributed by atoms with Gasteiger partial charge in [-0.15, -0.1) is 0 Å². The van der Waals surface area contributed by atoms with Crippen LogP contribution in [0.1, 0.15) is 21.5 Å². The first kappa shape index (κ1) is 20.1. The summed E-state index contributed by atoms with van der Waals surface area (Å²) in [5.74, 6) is -0.582. The van der Waals surface area contributed by atoms with E-state index in [2.05, 4.69) is 0 Å². The minimum Gasteiger partial charge on any atom is -0.482 e. The second-order valence-electron chi connectivity index (χ2n) is 6.78. The molecule has 4 rings (SSSR count). The van der Waals surface area contributed by atoms with E-state index in [4.69, 9.17) is 13.9 Å². The van der Waals surface area contributed by atoms with E-state index in [1.165, 1.54) is 12.1 Å². The minimum absolute atomic E-state index is 0.0446. The van der Waals surface area contributed by atoms with Crippen LogP contribution in [0.2, 0.25) is 0 Å². The lowest BCUT2D eigenvalue weighted by molar-refractivity contribution is -0.147. The number of fused-ring (bicyclic) bond motifs is 1. The number of rotatable bonds is 7. The average molecular weight is 414 g/mol. The summed E-state index contributed by atoms with van der Waals surface area (Å²) in [6.45, 7) is -0.124. The largest absolute Gasteiger partial charge is 0.482 e. The molecule has 0 spiro atoms. The van der Waals surface area contributed by atoms with Crippen molar-refractivity contribution in [3.8, 4) is 5.75 Å². The zero-order chi connectivity index (χ0) is 21.6. The van der Waals surface area contributed by atoms with Gasteiger partial charge in [-0.25, -0.2) is 9.59 Å². The van der Waals surface area contributed by atoms with Crippen molar-refractivity contribution in [2.45, 2.75) is 6.61 Å². The molecule has 0 aliphatic rings. The minimum atomic E-state index is -0.735. The molecule has 31 heavy (non-hydrogen) atoms. The summed E-state index contributed by atoms with van der Waals surface area (Å²) >= 11 is 0. The predicted molar refractivity (Wildman–Crippen MR) is 114 cm³/mol. The number of hydrogen-bond donors (Lipinski definition) is 0. The molecule has 0 amide bonds. The molecule has 0 atom stereocenters. The van der Waals surface area contributed by atoms with Crippen LogP contribution in [-0.4, -0.2) is 18.4 Å². The Morgan fingerprint density at radius 2 is 1.55 bits per heavy atom. The highest BCUT2D eigenvalue weighted by atomic mass is 16.6. The Morgan fingerprint density at radius 3 is 2.29 bits per heavy atom. The van der Waals surface area contributed by atoms with E-state index < -0.39 is 17.4 Å². The van der Waals surface area contributed by atoms with Crippen molar-refractivity contribution in [3.63, 3.8) is 0 Å². The average Bonchev–Trinajstić information content (AvgIpc) is 2.81. The standard InChI is InChI=1S/C25H18O6/c26-23(30-15-17-7-3-1-4-8-17)16-29-20-12-11-19-13-21(25(28)31-22(19)14-20)24(27)18-9-5-2-6-10-18/h1-14H,15-16H2. The molecule has 0 saturated carbocycles. The molecule has 0 N–H and O–H groups in total. The van der Waals surface area contributed by atoms with Crippen molar-refractivity contribution < 1.29 is 23.5 Å². The number of hydrogen-bond acceptors (Lipinski definition) is 6. The van der Waals surface area contributed by atoms with Gasteiger partial charge in [0, 0.05) is 17.0 Å². The highest BCUT2D eigenvalue weighted by Crippen LogP contribution is 2.21. The van der Waals surface area contributed by atoms with E-state index in [9.17, 15) is 14.4 Å². The first-order chi connectivity index (χ1) is 15.1. The molecular formula is C25H18O6. The van der Waals surface area contributed by atoms with E-state index in [1.54, 1.807) is 42.5 Å². The van der Waals surface area contributed by atoms with Crippen molar-refractivity contribution in [2.75, 3.05) is 6.61 Å². The lowest BCUT2D eigenvalue weighted by atomic mass is 10.0. The van der Waals surface area contributed by atoms with E-state index in [-0.39, 0.29) is 24.4 Å². The Labute approximate surface area is 177 Å². The fourth-order valence-electron chi connectivity index (χ4n) is 3.01. The van der Waals surface area contributed by atoms with Crippen LogP contribution < -0.4 is 10.4 Å². The molecule has 0 unspecified atom stereocenters. The van der Waals surface area contributed by atoms with Gasteiger partial charge >= 0.3 is 11.6 Å². The smallest absolute Gasteiger partial charge is 0.347 e. The van der Waals surface area contributed by atoms with Gasteiger partial charge < -0.3 is 13.9 Å². The molecule has 4 aromatic rings. The van der Waals surface area contributed by atoms with Gasteiger partial charge in [0.2, 0.25) is 0 Å². The van der Waals surface area contributed by atoms with Gasteiger partial charge in [0.1, 0.15) is 23.5 Å². The van der Waals surface area contributed by atoms with Gasteiger partial charge in [-0.2, -0.15) is 0 Å². The third kappa shape index (κ3) is 4.87. The van der Waals surface area contributed by atoms with Crippen LogP contribution in [0, 0.1) is 0 Å². The number of carbonyl (C=O) groups is 2. The molecule has 0 saturated heterocycles. The van der Waals surface area contributed by atoms with Gasteiger partial charge in [0.25, 0.3) is 0 Å². The number of ketones is 1. The van der Waals surface area contributed by atoms with Crippen molar-refractivity contribution >= 4 is 22.7 Å². The third-order valence-electron chi connectivity index (χ3n) is 4.59. The first-order valence-corrected chi connectivity index (χ1v) is 9.60. The van der Waals surface area contributed by atoms with Gasteiger partial charge in [0.05, 0.1) is 0 Å². The normalized spacial score (nSPS) is 10.6. The maximum atomic E-state index is 12.6. The third-order valence-corrected chi connectivity index (χ3v) is 4.59. The zero-order valence-corrected chi connectivity index (χ0v) is 16.4. The summed E-state index contributed by atoms with van der Waals surface area (Å²) in [5.41, 5.74) is 0.759. The Balaban J connectivity index is 1.44. The van der Waals surface area contributed by atoms with Crippen molar-refractivity contribution in [1.29, 1.82) is 0 Å². The molecule has 6 heteroatoms. The lowest BCUT2D eigenvalue weighted by Crippen LogP contribution is -2.15. The van der Waals surface area contributed by atoms with Crippen molar-refractivity contribution in [3.05, 3.63) is 112 Å². The topological polar surface area (TPSA) is 82.8 Å². The molecule has 3 aromatic carbocycles. The molecule has 0 fully saturated rings. The van der Waals surface area contributed by atoms with Crippen LogP contribution in [0.15, 0.2) is 94.1 Å². The summed E-state index contributed by atoms with van der Waals surface area (Å²) in [5, 5.41) is 0.567. The lowest BCUT2D eigenvalue weighted by Gasteiger charge is -2.08. The molecule has 6 nitrogen and oxygen atoms in total. The van der Waals surface area contributed by atoms with Crippen LogP contribution in [0.3, 0.4) is 0 Å². The number of ether oxygens (including phenoxy) is 2. The molecule has 0 radical (unpaired) electrons. The molecular weight excluding hydrogens is 396 g/mol. The number of esters is 1. The Bertz CT molecular complexity index is 1280. The van der Waals surface area contributed by atoms with Crippen LogP contribution in [0.5, 0.6) is 5.75 Å². The Kier molecular flexibility index (Phi) is 5.89. The molecule has 0 bridgehead atoms. The Hall–Kier alpha value is -4.19. The van der Waals surface area contributed by atoms with Gasteiger partial charge in [-0.1, -0.05) is 60.7 Å². The summed E-state index contributed by atoms with van der Waals surface area (Å²) in [6.07, 6.45) is 0. The second kappa shape index (κ2) is 9.09. The van der Waals surface area contributed by atoms with Crippen LogP contribution in [0.25, 0.3) is 11.0 Å². The van der Waals surface area contributed by atoms with E-state index >= 15 is 0 Å². The van der Waals surface area contributed by atoms with Gasteiger partial charge in [-0.3, -0.25) is 4.79 Å². The summed E-state index contributed by atoms with van der Waals surface area (Å²) in [4.78, 5) is 36.8. The van der Waals surface area contributed by atoms with Crippen LogP contribution >= 0.6 is 0 Å². The zero-order valence-electron chi connectivity index (χ0n) is 16.4. The van der Waals surface area contributed by atoms with E-state index in [0.717, 1.165) is 5.56 Å². The second-order valence-corrected chi connectivity index (χ2v) is 6.78. The molecule has 1 heterocycles. The van der Waals surface area contributed by atoms with E-state index in [1.807, 2.05) is 30.3 Å². The van der Waals surface area contributed by atoms with E-state index in [0.29, 0.717) is 16.7 Å². The van der Waals surface area contributed by atoms with Gasteiger partial charge in [-0.05, 0) is 23.8 Å². The SMILES string of the molecule is O=C(COc1ccc2cc(C(=O)c3ccccc3)c(=O)oc2c1)OCc1ccccc1. The van der Waals surface area contributed by atoms with Crippen molar-refractivity contribution in [2.24, 2.45) is 0 Å². The Morgan fingerprint density at radius 1 is 0.839 bits per heavy atom. The van der Waals surface area contributed by atoms with Crippen molar-refractivity contribution in [1.82, 2.24) is 0 Å². The number of benzene rings is 3. The van der Waals surface area contributed by atoms with Crippen LogP contribution in [0.4, 0.5) is 0 Å². The molecule has 154 valence electrons. The fraction of sp³-hybridized carbons (Fsp3) is 0.0800. The first-order valence-electron chi connectivity index (χ1n) is 9.60. The maximum Gasteiger partial charge on any atom is 0.347 e. The number of carbonyl (C=O) groups excluding carboxylic acids is 2. The summed E-state index contributed by atoms with van der Waals surface area (Å²) in [6, 6.07) is 24.1. The highest BCUT2D eigenvalue weighted by molar-refractivity contribution is 6.09. The maximum absolute atomic E-state index is 12.6. The quantitative estimate of drug-likeness (QED) is 0.257. The molecule has 0 aliphatic carbocycles. The fourth-order valence-corrected chi connectivity index (χ4v) is 3.01. The summed E-state index contributed by atoms with van der Waals surface area (Å²) < 4.78 is 15.9. The molecule has 0 aliphatic heterocycles. The summed E-state index contributed by atoms with van der Waals surface area (Å²) in [7, 11) is 0. The monoisotopic (exact) mass is 414 g/mol.